The fourth-order valence-corrected chi connectivity index (χ4v) is 3.68. The fourth-order valence-electron chi connectivity index (χ4n) is 3.68. The second kappa shape index (κ2) is 7.14. The lowest BCUT2D eigenvalue weighted by Gasteiger charge is -2.40. The number of hydrogen-bond donors (Lipinski definition) is 1. The summed E-state index contributed by atoms with van der Waals surface area (Å²) in [5.74, 6) is -0.679. The minimum absolute atomic E-state index is 0.589. The quantitative estimate of drug-likeness (QED) is 0.917. The highest BCUT2D eigenvalue weighted by Gasteiger charge is 2.42. The van der Waals surface area contributed by atoms with Crippen LogP contribution in [0.15, 0.2) is 48.8 Å². The average Bonchev–Trinajstić information content (AvgIpc) is 2.58. The SMILES string of the molecule is Cc1ccccc1C[C@]1(C(=O)O)CCCN(Cc2cccnc2)C1. The highest BCUT2D eigenvalue weighted by molar-refractivity contribution is 5.75. The van der Waals surface area contributed by atoms with Crippen molar-refractivity contribution < 1.29 is 9.90 Å². The van der Waals surface area contributed by atoms with Crippen LogP contribution in [0.2, 0.25) is 0 Å². The predicted octanol–water partition coefficient (Wildman–Crippen LogP) is 3.30. The third-order valence-corrected chi connectivity index (χ3v) is 5.03. The number of carboxylic acids is 1. The third kappa shape index (κ3) is 3.65. The lowest BCUT2D eigenvalue weighted by Crippen LogP contribution is -2.48. The van der Waals surface area contributed by atoms with Gasteiger partial charge in [-0.25, -0.2) is 0 Å². The lowest BCUT2D eigenvalue weighted by atomic mass is 9.74. The molecule has 0 radical (unpaired) electrons. The largest absolute Gasteiger partial charge is 0.481 e. The Balaban J connectivity index is 1.79. The molecule has 1 saturated heterocycles. The number of carbonyl (C=O) groups is 1. The zero-order valence-electron chi connectivity index (χ0n) is 14.1. The number of rotatable bonds is 5. The Labute approximate surface area is 143 Å². The van der Waals surface area contributed by atoms with Crippen molar-refractivity contribution in [3.63, 3.8) is 0 Å². The Kier molecular flexibility index (Phi) is 4.95. The molecular formula is C20H24N2O2. The van der Waals surface area contributed by atoms with E-state index in [-0.39, 0.29) is 0 Å². The van der Waals surface area contributed by atoms with Crippen LogP contribution in [0.4, 0.5) is 0 Å². The first-order chi connectivity index (χ1) is 11.6. The van der Waals surface area contributed by atoms with Gasteiger partial charge in [0.1, 0.15) is 0 Å². The Hall–Kier alpha value is -2.20. The van der Waals surface area contributed by atoms with Crippen molar-refractivity contribution >= 4 is 5.97 Å². The summed E-state index contributed by atoms with van der Waals surface area (Å²) in [5, 5.41) is 9.99. The van der Waals surface area contributed by atoms with Gasteiger partial charge < -0.3 is 5.11 Å². The predicted molar refractivity (Wildman–Crippen MR) is 93.7 cm³/mol. The minimum Gasteiger partial charge on any atom is -0.481 e. The molecular weight excluding hydrogens is 300 g/mol. The third-order valence-electron chi connectivity index (χ3n) is 5.03. The van der Waals surface area contributed by atoms with Crippen molar-refractivity contribution in [3.05, 3.63) is 65.5 Å². The molecule has 1 aliphatic heterocycles. The van der Waals surface area contributed by atoms with Crippen molar-refractivity contribution in [1.82, 2.24) is 9.88 Å². The van der Waals surface area contributed by atoms with E-state index in [0.717, 1.165) is 37.1 Å². The maximum Gasteiger partial charge on any atom is 0.311 e. The molecule has 4 nitrogen and oxygen atoms in total. The number of aliphatic carboxylic acids is 1. The molecule has 0 amide bonds. The number of likely N-dealkylation sites (tertiary alicyclic amines) is 1. The number of aromatic nitrogens is 1. The van der Waals surface area contributed by atoms with Crippen LogP contribution in [0.3, 0.4) is 0 Å². The van der Waals surface area contributed by atoms with Crippen molar-refractivity contribution in [2.45, 2.75) is 32.7 Å². The van der Waals surface area contributed by atoms with Crippen molar-refractivity contribution in [3.8, 4) is 0 Å². The highest BCUT2D eigenvalue weighted by Crippen LogP contribution is 2.35. The van der Waals surface area contributed by atoms with Gasteiger partial charge in [0.15, 0.2) is 0 Å². The molecule has 1 fully saturated rings. The van der Waals surface area contributed by atoms with Gasteiger partial charge in [0.25, 0.3) is 0 Å². The topological polar surface area (TPSA) is 53.4 Å². The van der Waals surface area contributed by atoms with Crippen LogP contribution in [-0.4, -0.2) is 34.0 Å². The molecule has 0 bridgehead atoms. The van der Waals surface area contributed by atoms with Gasteiger partial charge in [0.05, 0.1) is 5.41 Å². The van der Waals surface area contributed by atoms with Gasteiger partial charge in [-0.15, -0.1) is 0 Å². The summed E-state index contributed by atoms with van der Waals surface area (Å²) in [6, 6.07) is 12.1. The Morgan fingerprint density at radius 2 is 2.12 bits per heavy atom. The molecule has 2 aromatic rings. The lowest BCUT2D eigenvalue weighted by molar-refractivity contribution is -0.152. The van der Waals surface area contributed by atoms with E-state index in [9.17, 15) is 9.90 Å². The monoisotopic (exact) mass is 324 g/mol. The maximum atomic E-state index is 12.2. The first kappa shape index (κ1) is 16.7. The molecule has 1 N–H and O–H groups in total. The number of piperidine rings is 1. The van der Waals surface area contributed by atoms with Gasteiger partial charge in [0.2, 0.25) is 0 Å². The molecule has 1 aromatic carbocycles. The van der Waals surface area contributed by atoms with Gasteiger partial charge in [-0.3, -0.25) is 14.7 Å². The number of pyridine rings is 1. The molecule has 0 spiro atoms. The smallest absolute Gasteiger partial charge is 0.311 e. The van der Waals surface area contributed by atoms with Gasteiger partial charge in [0, 0.05) is 25.5 Å². The van der Waals surface area contributed by atoms with E-state index in [1.54, 1.807) is 6.20 Å². The number of hydrogen-bond acceptors (Lipinski definition) is 3. The van der Waals surface area contributed by atoms with Gasteiger partial charge in [-0.2, -0.15) is 0 Å². The normalized spacial score (nSPS) is 21.5. The standard InChI is InChI=1S/C20H24N2O2/c1-16-6-2-3-8-18(16)12-20(19(23)24)9-5-11-22(15-20)14-17-7-4-10-21-13-17/h2-4,6-8,10,13H,5,9,11-12,14-15H2,1H3,(H,23,24)/t20-/m1/s1. The van der Waals surface area contributed by atoms with E-state index in [0.29, 0.717) is 13.0 Å². The van der Waals surface area contributed by atoms with Crippen molar-refractivity contribution in [1.29, 1.82) is 0 Å². The van der Waals surface area contributed by atoms with E-state index in [1.807, 2.05) is 30.5 Å². The summed E-state index contributed by atoms with van der Waals surface area (Å²) in [6.07, 6.45) is 5.87. The summed E-state index contributed by atoms with van der Waals surface area (Å²) in [5.41, 5.74) is 2.74. The van der Waals surface area contributed by atoms with Gasteiger partial charge in [-0.1, -0.05) is 30.3 Å². The summed E-state index contributed by atoms with van der Waals surface area (Å²) in [7, 11) is 0. The molecule has 0 unspecified atom stereocenters. The Morgan fingerprint density at radius 1 is 1.29 bits per heavy atom. The van der Waals surface area contributed by atoms with Crippen LogP contribution in [0.1, 0.15) is 29.5 Å². The zero-order chi connectivity index (χ0) is 17.0. The van der Waals surface area contributed by atoms with Crippen molar-refractivity contribution in [2.24, 2.45) is 5.41 Å². The maximum absolute atomic E-state index is 12.2. The number of carboxylic acid groups (broad SMARTS) is 1. The zero-order valence-corrected chi connectivity index (χ0v) is 14.1. The number of aryl methyl sites for hydroxylation is 1. The van der Waals surface area contributed by atoms with Crippen LogP contribution >= 0.6 is 0 Å². The van der Waals surface area contributed by atoms with Crippen LogP contribution in [-0.2, 0) is 17.8 Å². The second-order valence-corrected chi connectivity index (χ2v) is 6.86. The summed E-state index contributed by atoms with van der Waals surface area (Å²) < 4.78 is 0. The van der Waals surface area contributed by atoms with E-state index in [2.05, 4.69) is 28.9 Å². The summed E-state index contributed by atoms with van der Waals surface area (Å²) >= 11 is 0. The average molecular weight is 324 g/mol. The number of nitrogens with zero attached hydrogens (tertiary/aromatic N) is 2. The van der Waals surface area contributed by atoms with Gasteiger partial charge >= 0.3 is 5.97 Å². The molecule has 4 heteroatoms. The van der Waals surface area contributed by atoms with Crippen molar-refractivity contribution in [2.75, 3.05) is 13.1 Å². The summed E-state index contributed by atoms with van der Waals surface area (Å²) in [6.45, 7) is 4.35. The molecule has 126 valence electrons. The van der Waals surface area contributed by atoms with Crippen LogP contribution in [0, 0.1) is 12.3 Å². The summed E-state index contributed by atoms with van der Waals surface area (Å²) in [4.78, 5) is 18.6. The van der Waals surface area contributed by atoms with Crippen LogP contribution in [0.5, 0.6) is 0 Å². The molecule has 3 rings (SSSR count). The van der Waals surface area contributed by atoms with E-state index >= 15 is 0 Å². The molecule has 24 heavy (non-hydrogen) atoms. The minimum atomic E-state index is -0.702. The van der Waals surface area contributed by atoms with Gasteiger partial charge in [-0.05, 0) is 55.5 Å². The fraction of sp³-hybridized carbons (Fsp3) is 0.400. The molecule has 0 aliphatic carbocycles. The molecule has 0 saturated carbocycles. The highest BCUT2D eigenvalue weighted by atomic mass is 16.4. The molecule has 1 aromatic heterocycles. The molecule has 2 heterocycles. The second-order valence-electron chi connectivity index (χ2n) is 6.86. The molecule has 1 aliphatic rings. The molecule has 1 atom stereocenters. The van der Waals surface area contributed by atoms with E-state index < -0.39 is 11.4 Å². The number of benzene rings is 1. The van der Waals surface area contributed by atoms with Crippen LogP contribution < -0.4 is 0 Å². The van der Waals surface area contributed by atoms with Crippen LogP contribution in [0.25, 0.3) is 0 Å². The first-order valence-corrected chi connectivity index (χ1v) is 8.48. The Bertz CT molecular complexity index is 702. The Morgan fingerprint density at radius 3 is 2.83 bits per heavy atom. The van der Waals surface area contributed by atoms with E-state index in [1.165, 1.54) is 5.56 Å². The van der Waals surface area contributed by atoms with E-state index in [4.69, 9.17) is 0 Å². The first-order valence-electron chi connectivity index (χ1n) is 8.48.